The monoisotopic (exact) mass is 490 g/mol. The van der Waals surface area contributed by atoms with Gasteiger partial charge >= 0.3 is 6.09 Å². The summed E-state index contributed by atoms with van der Waals surface area (Å²) in [6.45, 7) is 14.6. The number of benzene rings is 2. The summed E-state index contributed by atoms with van der Waals surface area (Å²) >= 11 is 0. The van der Waals surface area contributed by atoms with Crippen molar-refractivity contribution in [3.63, 3.8) is 0 Å². The Balaban J connectivity index is 1.87. The van der Waals surface area contributed by atoms with E-state index in [1.54, 1.807) is 23.1 Å². The van der Waals surface area contributed by atoms with E-state index in [1.165, 1.54) is 0 Å². The number of rotatable bonds is 5. The fraction of sp³-hybridized carbons (Fsp3) is 0.393. The van der Waals surface area contributed by atoms with Crippen LogP contribution < -0.4 is 10.6 Å². The van der Waals surface area contributed by atoms with Gasteiger partial charge < -0.3 is 19.2 Å². The van der Waals surface area contributed by atoms with Crippen LogP contribution in [0.5, 0.6) is 5.75 Å². The molecule has 0 atom stereocenters. The van der Waals surface area contributed by atoms with Gasteiger partial charge in [-0.3, -0.25) is 0 Å². The van der Waals surface area contributed by atoms with Crippen molar-refractivity contribution < 1.29 is 19.1 Å². The van der Waals surface area contributed by atoms with Crippen LogP contribution in [0, 0.1) is 11.3 Å². The third kappa shape index (κ3) is 6.64. The Hall–Kier alpha value is -3.83. The van der Waals surface area contributed by atoms with Crippen molar-refractivity contribution in [1.29, 1.82) is 5.26 Å². The molecule has 36 heavy (non-hydrogen) atoms. The van der Waals surface area contributed by atoms with Gasteiger partial charge in [-0.1, -0.05) is 24.8 Å². The fourth-order valence-corrected chi connectivity index (χ4v) is 4.01. The lowest BCUT2D eigenvalue weighted by molar-refractivity contribution is 0.0258. The summed E-state index contributed by atoms with van der Waals surface area (Å²) in [7, 11) is 0. The molecule has 0 fully saturated rings. The summed E-state index contributed by atoms with van der Waals surface area (Å²) in [6.07, 6.45) is 0.951. The molecule has 1 aliphatic rings. The van der Waals surface area contributed by atoms with Gasteiger partial charge in [0.05, 0.1) is 17.4 Å². The van der Waals surface area contributed by atoms with Gasteiger partial charge in [0.15, 0.2) is 0 Å². The zero-order valence-corrected chi connectivity index (χ0v) is 21.6. The summed E-state index contributed by atoms with van der Waals surface area (Å²) in [5, 5.41) is 9.56. The van der Waals surface area contributed by atoms with Crippen molar-refractivity contribution in [3.8, 4) is 11.8 Å². The molecule has 0 aliphatic carbocycles. The van der Waals surface area contributed by atoms with Gasteiger partial charge in [0, 0.05) is 24.2 Å². The molecule has 2 N–H and O–H groups in total. The topological polar surface area (TPSA) is 110 Å². The van der Waals surface area contributed by atoms with Crippen LogP contribution >= 0.6 is 0 Å². The lowest BCUT2D eigenvalue weighted by atomic mass is 9.96. The summed E-state index contributed by atoms with van der Waals surface area (Å²) in [5.41, 5.74) is 3.87. The maximum Gasteiger partial charge on any atom is 0.410 e. The maximum absolute atomic E-state index is 12.6. The lowest BCUT2D eigenvalue weighted by Crippen LogP contribution is -2.38. The number of nitrogens with zero attached hydrogens (tertiary/aromatic N) is 3. The van der Waals surface area contributed by atoms with E-state index in [0.717, 1.165) is 16.7 Å². The van der Waals surface area contributed by atoms with E-state index in [2.05, 4.69) is 23.7 Å². The third-order valence-electron chi connectivity index (χ3n) is 5.58. The molecule has 0 saturated heterocycles. The van der Waals surface area contributed by atoms with E-state index >= 15 is 0 Å². The Kier molecular flexibility index (Phi) is 8.38. The zero-order valence-electron chi connectivity index (χ0n) is 21.6. The molecule has 0 unspecified atom stereocenters. The summed E-state index contributed by atoms with van der Waals surface area (Å²) in [4.78, 5) is 24.0. The smallest absolute Gasteiger partial charge is 0.410 e. The Morgan fingerprint density at radius 2 is 1.92 bits per heavy atom. The number of hydrogen-bond donors (Lipinski definition) is 1. The Morgan fingerprint density at radius 3 is 2.56 bits per heavy atom. The average molecular weight is 491 g/mol. The normalized spacial score (nSPS) is 13.9. The molecular weight excluding hydrogens is 456 g/mol. The van der Waals surface area contributed by atoms with Gasteiger partial charge in [-0.2, -0.15) is 11.2 Å². The van der Waals surface area contributed by atoms with Crippen molar-refractivity contribution in [2.24, 2.45) is 10.9 Å². The van der Waals surface area contributed by atoms with Crippen LogP contribution in [0.1, 0.15) is 62.4 Å². The van der Waals surface area contributed by atoms with E-state index < -0.39 is 5.60 Å². The van der Waals surface area contributed by atoms with Gasteiger partial charge in [0.1, 0.15) is 17.4 Å². The molecule has 0 aromatic heterocycles. The largest absolute Gasteiger partial charge is 0.490 e. The average Bonchev–Trinajstić information content (AvgIpc) is 3.04. The number of fused-ring (bicyclic) bond motifs is 1. The molecule has 190 valence electrons. The van der Waals surface area contributed by atoms with Crippen LogP contribution in [0.25, 0.3) is 5.70 Å². The van der Waals surface area contributed by atoms with E-state index in [1.807, 2.05) is 46.8 Å². The number of carbonyl (C=O) groups excluding carboxylic acids is 1. The summed E-state index contributed by atoms with van der Waals surface area (Å²) < 4.78 is 11.3. The van der Waals surface area contributed by atoms with Crippen LogP contribution in [-0.4, -0.2) is 41.7 Å². The van der Waals surface area contributed by atoms with Crippen LogP contribution in [0.2, 0.25) is 0 Å². The first kappa shape index (κ1) is 26.8. The molecule has 1 aliphatic heterocycles. The number of hydrogen-bond acceptors (Lipinski definition) is 7. The second-order valence-corrected chi connectivity index (χ2v) is 9.88. The van der Waals surface area contributed by atoms with Gasteiger partial charge in [0.2, 0.25) is 5.90 Å². The molecular formula is C28H34N4O4. The van der Waals surface area contributed by atoms with E-state index in [4.69, 9.17) is 20.2 Å². The van der Waals surface area contributed by atoms with Crippen LogP contribution in [0.4, 0.5) is 4.79 Å². The molecule has 8 heteroatoms. The number of aliphatic imine (C=N–C) groups is 1. The first-order valence-electron chi connectivity index (χ1n) is 12.0. The molecule has 0 saturated carbocycles. The van der Waals surface area contributed by atoms with Crippen molar-refractivity contribution in [2.75, 3.05) is 13.1 Å². The molecule has 8 nitrogen and oxygen atoms in total. The minimum atomic E-state index is -0.548. The predicted molar refractivity (Wildman–Crippen MR) is 139 cm³/mol. The SMILES string of the molecule is C=C(/N=C(\ON)c1ccc(OC(C)C)c(C#N)c1)c1cccc2c1CCN(C(=O)OC(C)(C)C)CC2. The summed E-state index contributed by atoms with van der Waals surface area (Å²) in [6, 6.07) is 13.2. The van der Waals surface area contributed by atoms with Gasteiger partial charge in [-0.15, -0.1) is 0 Å². The first-order chi connectivity index (χ1) is 17.0. The first-order valence-corrected chi connectivity index (χ1v) is 12.0. The highest BCUT2D eigenvalue weighted by Gasteiger charge is 2.25. The number of amides is 1. The van der Waals surface area contributed by atoms with Gasteiger partial charge in [-0.05, 0) is 76.8 Å². The van der Waals surface area contributed by atoms with Gasteiger partial charge in [0.25, 0.3) is 0 Å². The fourth-order valence-electron chi connectivity index (χ4n) is 4.01. The van der Waals surface area contributed by atoms with Crippen molar-refractivity contribution >= 4 is 17.7 Å². The van der Waals surface area contributed by atoms with E-state index in [9.17, 15) is 10.1 Å². The number of nitrogens with two attached hydrogens (primary N) is 1. The molecule has 0 radical (unpaired) electrons. The second-order valence-electron chi connectivity index (χ2n) is 9.88. The molecule has 0 bridgehead atoms. The highest BCUT2D eigenvalue weighted by atomic mass is 16.6. The lowest BCUT2D eigenvalue weighted by Gasteiger charge is -2.26. The summed E-state index contributed by atoms with van der Waals surface area (Å²) in [5.74, 6) is 6.18. The van der Waals surface area contributed by atoms with Crippen molar-refractivity contribution in [2.45, 2.75) is 59.2 Å². The third-order valence-corrected chi connectivity index (χ3v) is 5.58. The molecule has 1 amide bonds. The minimum Gasteiger partial charge on any atom is -0.490 e. The quantitative estimate of drug-likeness (QED) is 0.359. The highest BCUT2D eigenvalue weighted by Crippen LogP contribution is 2.28. The van der Waals surface area contributed by atoms with Gasteiger partial charge in [-0.25, -0.2) is 9.79 Å². The number of ether oxygens (including phenoxy) is 2. The molecule has 1 heterocycles. The number of carbonyl (C=O) groups is 1. The zero-order chi connectivity index (χ0) is 26.5. The van der Waals surface area contributed by atoms with Crippen molar-refractivity contribution in [1.82, 2.24) is 4.90 Å². The Labute approximate surface area is 212 Å². The maximum atomic E-state index is 12.6. The Bertz CT molecular complexity index is 1210. The van der Waals surface area contributed by atoms with Crippen molar-refractivity contribution in [3.05, 3.63) is 70.8 Å². The molecule has 0 spiro atoms. The predicted octanol–water partition coefficient (Wildman–Crippen LogP) is 4.99. The molecule has 2 aromatic carbocycles. The van der Waals surface area contributed by atoms with Crippen LogP contribution in [0.15, 0.2) is 48.0 Å². The van der Waals surface area contributed by atoms with E-state index in [-0.39, 0.29) is 18.1 Å². The Morgan fingerprint density at radius 1 is 1.19 bits per heavy atom. The van der Waals surface area contributed by atoms with E-state index in [0.29, 0.717) is 48.5 Å². The van der Waals surface area contributed by atoms with Crippen LogP contribution in [-0.2, 0) is 22.4 Å². The van der Waals surface area contributed by atoms with Crippen LogP contribution in [0.3, 0.4) is 0 Å². The second kappa shape index (κ2) is 11.3. The molecule has 2 aromatic rings. The number of nitriles is 1. The molecule has 3 rings (SSSR count). The standard InChI is InChI=1S/C28H34N4O4/c1-18(2)34-25-11-10-21(16-22(25)17-29)26(36-30)31-19(3)23-9-7-8-20-12-14-32(15-13-24(20)23)27(33)35-28(4,5)6/h7-11,16,18H,3,12-15,30H2,1-2,4-6H3/b31-26-. The highest BCUT2D eigenvalue weighted by molar-refractivity contribution is 5.98. The minimum absolute atomic E-state index is 0.0683.